The van der Waals surface area contributed by atoms with Crippen LogP contribution in [0.1, 0.15) is 326 Å². The Morgan fingerprint density at radius 2 is 0.700 bits per heavy atom. The summed E-state index contributed by atoms with van der Waals surface area (Å²) in [4.78, 5) is 96.9. The fourth-order valence-corrected chi connectivity index (χ4v) is 13.2. The number of nitrogens with zero attached hydrogens (tertiary/aromatic N) is 2. The second-order valence-electron chi connectivity index (χ2n) is 29.3. The van der Waals surface area contributed by atoms with Crippen molar-refractivity contribution in [3.05, 3.63) is 61.2 Å². The summed E-state index contributed by atoms with van der Waals surface area (Å²) in [6.07, 6.45) is 66.3. The molecule has 2 saturated heterocycles. The van der Waals surface area contributed by atoms with Crippen LogP contribution < -0.4 is 48.4 Å². The summed E-state index contributed by atoms with van der Waals surface area (Å²) in [5.41, 5.74) is 0. The zero-order valence-corrected chi connectivity index (χ0v) is 81.1. The van der Waals surface area contributed by atoms with E-state index in [1.165, 1.54) is 98.3 Å². The summed E-state index contributed by atoms with van der Waals surface area (Å²) in [6, 6.07) is -0.243. The third-order valence-electron chi connectivity index (χ3n) is 19.1. The summed E-state index contributed by atoms with van der Waals surface area (Å²) < 4.78 is 64.3. The molecular formula is C92H156F2Li2N4O16P4. The molecule has 20 nitrogen and oxygen atoms in total. The topological polar surface area (TPSA) is 241 Å². The molecule has 6 aliphatic heterocycles. The van der Waals surface area contributed by atoms with Gasteiger partial charge < -0.3 is 61.9 Å². The van der Waals surface area contributed by atoms with Gasteiger partial charge in [0.2, 0.25) is 23.6 Å². The van der Waals surface area contributed by atoms with Crippen molar-refractivity contribution in [3.63, 3.8) is 0 Å². The van der Waals surface area contributed by atoms with Crippen LogP contribution in [0, 0.1) is 86.9 Å². The minimum Gasteiger partial charge on any atom is -0.499 e. The van der Waals surface area contributed by atoms with Crippen LogP contribution in [0.5, 0.6) is 0 Å². The van der Waals surface area contributed by atoms with E-state index in [2.05, 4.69) is 98.8 Å². The van der Waals surface area contributed by atoms with E-state index in [1.807, 2.05) is 31.7 Å². The molecule has 12 atom stereocenters. The molecule has 0 spiro atoms. The van der Waals surface area contributed by atoms with E-state index in [4.69, 9.17) is 54.1 Å². The van der Waals surface area contributed by atoms with Crippen molar-refractivity contribution in [1.82, 2.24) is 20.4 Å². The number of unbranched alkanes of at least 4 members (excludes halogenated alkanes) is 18. The van der Waals surface area contributed by atoms with Gasteiger partial charge in [0.05, 0.1) is 64.4 Å². The third-order valence-corrected chi connectivity index (χ3v) is 20.5. The van der Waals surface area contributed by atoms with Crippen LogP contribution in [-0.2, 0) is 75.8 Å². The van der Waals surface area contributed by atoms with Gasteiger partial charge in [-0.1, -0.05) is 185 Å². The Morgan fingerprint density at radius 3 is 0.917 bits per heavy atom. The Balaban J connectivity index is -0.000000314. The standard InChI is InChI=1S/2C19H29NO3.2C10H17NO2.2C9H15FO2P2.2C4H8O.2C4H9.2Li/c2*1-5-7-9-11-12-15(3)19(22)20-16(13-10-8-6-2)17(23-4)14-18(20)21;2*1-3-4-5-6-8-9(13-2)7-10(12)11-8;2*1-3-4-5-6-7-8(2)9(11)12-14(10)13;2*1-2-4-5-3-1;2*1-3-4-2;;/h2*1,14-16H,6-13H2,2-4H3;2*7-8H,3-6H2,1-2H3,(H,11,12);2*1,8H,4-7,13H2,2H3;2*1-4H2;2*1,3-4H2,2H3;;/q;;;;;;;;2*-1;2*+1/t15-,16+;15-,16-;2*8-;2*8-,14?;;;;;;/m100010....../s1. The second-order valence-corrected chi connectivity index (χ2v) is 33.2. The largest absolute Gasteiger partial charge is 1.00 e. The van der Waals surface area contributed by atoms with E-state index in [-0.39, 0.29) is 121 Å². The maximum atomic E-state index is 12.7. The van der Waals surface area contributed by atoms with Crippen LogP contribution in [0.2, 0.25) is 0 Å². The van der Waals surface area contributed by atoms with Crippen molar-refractivity contribution >= 4 is 81.5 Å². The zero-order valence-electron chi connectivity index (χ0n) is 77.0. The number of methoxy groups -OCH3 is 4. The molecule has 0 aliphatic carbocycles. The van der Waals surface area contributed by atoms with E-state index in [9.17, 15) is 46.8 Å². The molecule has 0 aromatic heterocycles. The molecule has 4 unspecified atom stereocenters. The van der Waals surface area contributed by atoms with Crippen molar-refractivity contribution in [2.45, 2.75) is 350 Å². The smallest absolute Gasteiger partial charge is 0.499 e. The molecular weight excluding hydrogens is 1590 g/mol. The van der Waals surface area contributed by atoms with Crippen LogP contribution in [0.4, 0.5) is 8.39 Å². The van der Waals surface area contributed by atoms with Gasteiger partial charge in [-0.05, 0) is 121 Å². The Hall–Kier alpha value is -4.75. The molecule has 0 aromatic carbocycles. The maximum absolute atomic E-state index is 12.7. The molecule has 0 bridgehead atoms. The summed E-state index contributed by atoms with van der Waals surface area (Å²) in [7, 11) is 5.70. The van der Waals surface area contributed by atoms with Gasteiger partial charge in [0.25, 0.3) is 28.1 Å². The SMILES string of the molecule is C#CCCCC[C@@H](C)C(=O)N1C(=O)C=C(OC)[C@@H]1CCCCC.C#CCCCC[C@@H](C)C(=O)OP(F)P.C#CCCCC[C@H](C)C(=O)N1C(=O)C=C(OC)[C@@H]1CCCCC.C#CCCCC[C@H](C)C(=O)OP(F)P.C1CCOC1.C1CCOC1.CCCCC[C@@H]1NC(=O)C=C1OC.CCCCC[C@@H]1NC(=O)C=C1OC.[CH2-]CCC.[CH2-]CCC.[Li+].[Li+]. The molecule has 0 saturated carbocycles. The first-order valence-electron chi connectivity index (χ1n) is 43.4. The monoisotopic (exact) mass is 1750 g/mol. The number of amides is 6. The Labute approximate surface area is 758 Å². The van der Waals surface area contributed by atoms with Gasteiger partial charge >= 0.3 is 49.7 Å². The summed E-state index contributed by atoms with van der Waals surface area (Å²) >= 11 is 0. The fourth-order valence-electron chi connectivity index (χ4n) is 11.9. The molecule has 6 amide bonds. The molecule has 28 heteroatoms. The van der Waals surface area contributed by atoms with E-state index in [0.29, 0.717) is 24.4 Å². The Morgan fingerprint density at radius 1 is 0.442 bits per heavy atom. The number of carbonyl (C=O) groups excluding carboxylic acids is 8. The number of halogens is 2. The van der Waals surface area contributed by atoms with Crippen LogP contribution >= 0.6 is 34.2 Å². The first kappa shape index (κ1) is 126. The number of ether oxygens (including phenoxy) is 6. The Kier molecular flexibility index (Phi) is 92.1. The molecule has 0 aromatic rings. The minimum atomic E-state index is -2.16. The predicted molar refractivity (Wildman–Crippen MR) is 486 cm³/mol. The van der Waals surface area contributed by atoms with Crippen LogP contribution in [0.25, 0.3) is 0 Å². The Bertz CT molecular complexity index is 2770. The van der Waals surface area contributed by atoms with Gasteiger partial charge in [-0.25, -0.2) is 0 Å². The third kappa shape index (κ3) is 65.8. The van der Waals surface area contributed by atoms with E-state index >= 15 is 0 Å². The molecule has 2 fully saturated rings. The average molecular weight is 1750 g/mol. The van der Waals surface area contributed by atoms with Crippen molar-refractivity contribution in [1.29, 1.82) is 0 Å². The minimum absolute atomic E-state index is 0. The number of hydrogen-bond donors (Lipinski definition) is 2. The van der Waals surface area contributed by atoms with Crippen LogP contribution in [0.3, 0.4) is 0 Å². The first-order valence-corrected chi connectivity index (χ1v) is 48.9. The number of carbonyl (C=O) groups is 8. The van der Waals surface area contributed by atoms with Gasteiger partial charge in [0.15, 0.2) is 0 Å². The van der Waals surface area contributed by atoms with Gasteiger partial charge in [-0.2, -0.15) is 21.2 Å². The molecule has 676 valence electrons. The van der Waals surface area contributed by atoms with Crippen molar-refractivity contribution < 1.29 is 122 Å². The van der Waals surface area contributed by atoms with Crippen molar-refractivity contribution in [2.24, 2.45) is 23.7 Å². The van der Waals surface area contributed by atoms with E-state index in [1.54, 1.807) is 42.3 Å². The number of hydrogen-bond acceptors (Lipinski definition) is 16. The molecule has 120 heavy (non-hydrogen) atoms. The van der Waals surface area contributed by atoms with E-state index < -0.39 is 28.2 Å². The fraction of sp³-hybridized carbons (Fsp3) is 0.717. The second kappa shape index (κ2) is 87.7. The maximum Gasteiger partial charge on any atom is 1.00 e. The number of rotatable bonds is 44. The molecule has 2 N–H and O–H groups in total. The normalized spacial score (nSPS) is 17.5. The van der Waals surface area contributed by atoms with Crippen molar-refractivity contribution in [3.8, 4) is 49.4 Å². The number of terminal acetylenes is 4. The summed E-state index contributed by atoms with van der Waals surface area (Å²) in [5, 5.41) is 5.71. The first-order chi connectivity index (χ1) is 56.6. The quantitative estimate of drug-likeness (QED) is 0.0189. The van der Waals surface area contributed by atoms with Crippen LogP contribution in [0.15, 0.2) is 47.3 Å². The number of nitrogens with one attached hydrogen (secondary N) is 2. The molecule has 6 rings (SSSR count). The van der Waals surface area contributed by atoms with Gasteiger partial charge in [-0.3, -0.25) is 48.2 Å². The zero-order chi connectivity index (χ0) is 89.7. The van der Waals surface area contributed by atoms with Crippen molar-refractivity contribution in [2.75, 3.05) is 54.9 Å². The van der Waals surface area contributed by atoms with Gasteiger partial charge in [-0.15, -0.1) is 49.4 Å². The van der Waals surface area contributed by atoms with Crippen LogP contribution in [-0.4, -0.2) is 136 Å². The average Bonchev–Trinajstić information content (AvgIpc) is 1.66. The summed E-state index contributed by atoms with van der Waals surface area (Å²) in [6.45, 7) is 31.3. The molecule has 6 heterocycles. The number of imide groups is 2. The molecule has 0 radical (unpaired) electrons. The van der Waals surface area contributed by atoms with Gasteiger partial charge in [0.1, 0.15) is 23.0 Å². The van der Waals surface area contributed by atoms with E-state index in [0.717, 1.165) is 218 Å². The predicted octanol–water partition coefficient (Wildman–Crippen LogP) is 16.2. The molecule has 6 aliphatic rings. The van der Waals surface area contributed by atoms with Gasteiger partial charge in [0, 0.05) is 88.3 Å². The summed E-state index contributed by atoms with van der Waals surface area (Å²) in [5.74, 6) is 10.5.